The molecule has 0 aliphatic carbocycles. The minimum Gasteiger partial charge on any atom is -0.488 e. The van der Waals surface area contributed by atoms with E-state index in [1.54, 1.807) is 0 Å². The Labute approximate surface area is 153 Å². The van der Waals surface area contributed by atoms with E-state index in [4.69, 9.17) is 16.3 Å². The summed E-state index contributed by atoms with van der Waals surface area (Å²) in [5.74, 6) is 0.532. The predicted molar refractivity (Wildman–Crippen MR) is 100 cm³/mol. The lowest BCUT2D eigenvalue weighted by atomic mass is 10.0. The molecule has 2 aromatic rings. The molecule has 3 rings (SSSR count). The van der Waals surface area contributed by atoms with E-state index >= 15 is 0 Å². The lowest BCUT2D eigenvalue weighted by Crippen LogP contribution is -2.43. The molecule has 1 amide bonds. The van der Waals surface area contributed by atoms with Crippen molar-refractivity contribution in [2.24, 2.45) is 0 Å². The number of nitrogens with one attached hydrogen (secondary N) is 1. The molecule has 25 heavy (non-hydrogen) atoms. The van der Waals surface area contributed by atoms with Gasteiger partial charge in [-0.1, -0.05) is 35.9 Å². The zero-order chi connectivity index (χ0) is 17.6. The van der Waals surface area contributed by atoms with E-state index in [9.17, 15) is 4.79 Å². The van der Waals surface area contributed by atoms with E-state index in [1.807, 2.05) is 48.5 Å². The van der Waals surface area contributed by atoms with Crippen molar-refractivity contribution in [2.45, 2.75) is 25.5 Å². The van der Waals surface area contributed by atoms with Gasteiger partial charge in [-0.25, -0.2) is 0 Å². The summed E-state index contributed by atoms with van der Waals surface area (Å²) in [6, 6.07) is 15.1. The van der Waals surface area contributed by atoms with Gasteiger partial charge in [0.05, 0.1) is 5.56 Å². The summed E-state index contributed by atoms with van der Waals surface area (Å²) in [6.45, 7) is 2.43. The largest absolute Gasteiger partial charge is 0.488 e. The Hall–Kier alpha value is -2.04. The zero-order valence-electron chi connectivity index (χ0n) is 14.4. The Bertz CT molecular complexity index is 710. The Morgan fingerprint density at radius 1 is 1.16 bits per heavy atom. The first-order chi connectivity index (χ1) is 12.1. The highest BCUT2D eigenvalue weighted by atomic mass is 35.5. The number of nitrogens with zero attached hydrogens (tertiary/aromatic N) is 1. The van der Waals surface area contributed by atoms with Gasteiger partial charge in [0, 0.05) is 11.1 Å². The van der Waals surface area contributed by atoms with E-state index in [-0.39, 0.29) is 11.9 Å². The third-order valence-electron chi connectivity index (χ3n) is 4.49. The van der Waals surface area contributed by atoms with Crippen molar-refractivity contribution in [1.82, 2.24) is 10.2 Å². The molecule has 1 heterocycles. The van der Waals surface area contributed by atoms with Crippen molar-refractivity contribution in [3.63, 3.8) is 0 Å². The van der Waals surface area contributed by atoms with Crippen LogP contribution in [-0.2, 0) is 6.61 Å². The average Bonchev–Trinajstić information content (AvgIpc) is 2.63. The second kappa shape index (κ2) is 8.37. The van der Waals surface area contributed by atoms with Crippen LogP contribution in [0.5, 0.6) is 5.75 Å². The molecule has 1 saturated heterocycles. The molecular formula is C20H23ClN2O2. The van der Waals surface area contributed by atoms with E-state index < -0.39 is 0 Å². The third-order valence-corrected chi connectivity index (χ3v) is 4.75. The van der Waals surface area contributed by atoms with E-state index in [0.29, 0.717) is 22.9 Å². The number of likely N-dealkylation sites (tertiary alicyclic amines) is 1. The van der Waals surface area contributed by atoms with E-state index in [2.05, 4.69) is 17.3 Å². The standard InChI is InChI=1S/C20H23ClN2O2/c1-23-12-10-17(11-13-23)22-20(24)18-4-2-3-5-19(18)25-14-15-6-8-16(21)9-7-15/h2-9,17H,10-14H2,1H3,(H,22,24). The van der Waals surface area contributed by atoms with Gasteiger partial charge in [0.15, 0.2) is 0 Å². The van der Waals surface area contributed by atoms with Crippen LogP contribution in [0.2, 0.25) is 5.02 Å². The summed E-state index contributed by atoms with van der Waals surface area (Å²) >= 11 is 5.90. The van der Waals surface area contributed by atoms with Crippen molar-refractivity contribution < 1.29 is 9.53 Å². The summed E-state index contributed by atoms with van der Waals surface area (Å²) < 4.78 is 5.88. The van der Waals surface area contributed by atoms with Crippen molar-refractivity contribution in [3.05, 3.63) is 64.7 Å². The van der Waals surface area contributed by atoms with Gasteiger partial charge < -0.3 is 15.0 Å². The highest BCUT2D eigenvalue weighted by Gasteiger charge is 2.20. The molecule has 2 aromatic carbocycles. The Morgan fingerprint density at radius 2 is 1.84 bits per heavy atom. The maximum atomic E-state index is 12.6. The molecule has 0 atom stereocenters. The fraction of sp³-hybridized carbons (Fsp3) is 0.350. The number of benzene rings is 2. The van der Waals surface area contributed by atoms with Gasteiger partial charge in [-0.05, 0) is 62.8 Å². The van der Waals surface area contributed by atoms with Crippen LogP contribution in [0, 0.1) is 0 Å². The van der Waals surface area contributed by atoms with Crippen molar-refractivity contribution in [2.75, 3.05) is 20.1 Å². The maximum absolute atomic E-state index is 12.6. The van der Waals surface area contributed by atoms with Crippen molar-refractivity contribution in [1.29, 1.82) is 0 Å². The molecule has 0 spiro atoms. The van der Waals surface area contributed by atoms with Gasteiger partial charge >= 0.3 is 0 Å². The van der Waals surface area contributed by atoms with Gasteiger partial charge in [0.25, 0.3) is 5.91 Å². The smallest absolute Gasteiger partial charge is 0.255 e. The Balaban J connectivity index is 1.63. The van der Waals surface area contributed by atoms with Gasteiger partial charge in [0.1, 0.15) is 12.4 Å². The van der Waals surface area contributed by atoms with Crippen LogP contribution in [0.4, 0.5) is 0 Å². The highest BCUT2D eigenvalue weighted by molar-refractivity contribution is 6.30. The number of hydrogen-bond donors (Lipinski definition) is 1. The normalized spacial score (nSPS) is 15.8. The molecule has 1 aliphatic heterocycles. The second-order valence-corrected chi connectivity index (χ2v) is 6.90. The first-order valence-electron chi connectivity index (χ1n) is 8.57. The third kappa shape index (κ3) is 4.97. The molecule has 1 N–H and O–H groups in total. The predicted octanol–water partition coefficient (Wildman–Crippen LogP) is 3.74. The summed E-state index contributed by atoms with van der Waals surface area (Å²) in [6.07, 6.45) is 1.96. The van der Waals surface area contributed by atoms with Crippen molar-refractivity contribution >= 4 is 17.5 Å². The summed E-state index contributed by atoms with van der Waals surface area (Å²) in [5.41, 5.74) is 1.59. The lowest BCUT2D eigenvalue weighted by molar-refractivity contribution is 0.0912. The van der Waals surface area contributed by atoms with Gasteiger partial charge in [-0.2, -0.15) is 0 Å². The van der Waals surface area contributed by atoms with Gasteiger partial charge in [0.2, 0.25) is 0 Å². The molecule has 0 bridgehead atoms. The van der Waals surface area contributed by atoms with E-state index in [1.165, 1.54) is 0 Å². The molecule has 0 saturated carbocycles. The van der Waals surface area contributed by atoms with Crippen LogP contribution >= 0.6 is 11.6 Å². The molecule has 132 valence electrons. The first kappa shape index (κ1) is 17.8. The van der Waals surface area contributed by atoms with Crippen LogP contribution in [0.25, 0.3) is 0 Å². The summed E-state index contributed by atoms with van der Waals surface area (Å²) in [5, 5.41) is 3.83. The van der Waals surface area contributed by atoms with Crippen molar-refractivity contribution in [3.8, 4) is 5.75 Å². The molecule has 1 aliphatic rings. The first-order valence-corrected chi connectivity index (χ1v) is 8.95. The molecule has 1 fully saturated rings. The lowest BCUT2D eigenvalue weighted by Gasteiger charge is -2.29. The fourth-order valence-corrected chi connectivity index (χ4v) is 3.06. The Kier molecular flexibility index (Phi) is 5.95. The van der Waals surface area contributed by atoms with Crippen LogP contribution in [-0.4, -0.2) is 37.0 Å². The SMILES string of the molecule is CN1CCC(NC(=O)c2ccccc2OCc2ccc(Cl)cc2)CC1. The number of halogens is 1. The average molecular weight is 359 g/mol. The molecule has 4 nitrogen and oxygen atoms in total. The highest BCUT2D eigenvalue weighted by Crippen LogP contribution is 2.21. The minimum absolute atomic E-state index is 0.0683. The molecular weight excluding hydrogens is 336 g/mol. The number of hydrogen-bond acceptors (Lipinski definition) is 3. The molecule has 0 aromatic heterocycles. The minimum atomic E-state index is -0.0683. The molecule has 5 heteroatoms. The number of piperidine rings is 1. The number of amides is 1. The number of rotatable bonds is 5. The van der Waals surface area contributed by atoms with Crippen LogP contribution < -0.4 is 10.1 Å². The molecule has 0 unspecified atom stereocenters. The van der Waals surface area contributed by atoms with E-state index in [0.717, 1.165) is 31.5 Å². The summed E-state index contributed by atoms with van der Waals surface area (Å²) in [7, 11) is 2.11. The maximum Gasteiger partial charge on any atom is 0.255 e. The van der Waals surface area contributed by atoms with Crippen LogP contribution in [0.3, 0.4) is 0 Å². The van der Waals surface area contributed by atoms with Crippen LogP contribution in [0.15, 0.2) is 48.5 Å². The number of para-hydroxylation sites is 1. The monoisotopic (exact) mass is 358 g/mol. The molecule has 0 radical (unpaired) electrons. The topological polar surface area (TPSA) is 41.6 Å². The quantitative estimate of drug-likeness (QED) is 0.885. The second-order valence-electron chi connectivity index (χ2n) is 6.46. The number of carbonyl (C=O) groups is 1. The zero-order valence-corrected chi connectivity index (χ0v) is 15.1. The number of ether oxygens (including phenoxy) is 1. The van der Waals surface area contributed by atoms with Gasteiger partial charge in [-0.3, -0.25) is 4.79 Å². The van der Waals surface area contributed by atoms with Crippen LogP contribution in [0.1, 0.15) is 28.8 Å². The number of carbonyl (C=O) groups excluding carboxylic acids is 1. The fourth-order valence-electron chi connectivity index (χ4n) is 2.94. The summed E-state index contributed by atoms with van der Waals surface area (Å²) in [4.78, 5) is 14.9. The Morgan fingerprint density at radius 3 is 2.56 bits per heavy atom. The van der Waals surface area contributed by atoms with Gasteiger partial charge in [-0.15, -0.1) is 0 Å².